The Bertz CT molecular complexity index is 925. The number of hydrogen-bond acceptors (Lipinski definition) is 8. The van der Waals surface area contributed by atoms with Crippen molar-refractivity contribution in [2.45, 2.75) is 57.3 Å². The maximum Gasteiger partial charge on any atom is 0.326 e. The van der Waals surface area contributed by atoms with Crippen LogP contribution in [-0.4, -0.2) is 81.2 Å². The highest BCUT2D eigenvalue weighted by Gasteiger charge is 2.32. The molecule has 0 saturated carbocycles. The van der Waals surface area contributed by atoms with Crippen LogP contribution in [0, 0.1) is 5.92 Å². The van der Waals surface area contributed by atoms with Gasteiger partial charge in [0.1, 0.15) is 23.9 Å². The van der Waals surface area contributed by atoms with Crippen molar-refractivity contribution in [3.63, 3.8) is 0 Å². The lowest BCUT2D eigenvalue weighted by atomic mass is 10.0. The normalized spacial score (nSPS) is 14.2. The number of thioether (sulfide) groups is 1. The van der Waals surface area contributed by atoms with Crippen LogP contribution >= 0.6 is 11.8 Å². The van der Waals surface area contributed by atoms with Crippen LogP contribution in [0.4, 0.5) is 0 Å². The molecule has 0 radical (unpaired) electrons. The highest BCUT2D eigenvalue weighted by Crippen LogP contribution is 2.12. The minimum atomic E-state index is -1.59. The van der Waals surface area contributed by atoms with Crippen molar-refractivity contribution >= 4 is 41.4 Å². The Hall–Kier alpha value is -3.32. The van der Waals surface area contributed by atoms with Gasteiger partial charge in [-0.15, -0.1) is 0 Å². The molecule has 0 aliphatic heterocycles. The monoisotopic (exact) mass is 526 g/mol. The summed E-state index contributed by atoms with van der Waals surface area (Å²) in [5, 5.41) is 35.3. The highest BCUT2D eigenvalue weighted by molar-refractivity contribution is 7.98. The Kier molecular flexibility index (Phi) is 12.7. The summed E-state index contributed by atoms with van der Waals surface area (Å²) >= 11 is 1.42. The molecule has 0 bridgehead atoms. The van der Waals surface area contributed by atoms with Gasteiger partial charge in [0.25, 0.3) is 0 Å². The molecule has 0 spiro atoms. The Morgan fingerprint density at radius 2 is 1.42 bits per heavy atom. The summed E-state index contributed by atoms with van der Waals surface area (Å²) in [6, 6.07) is 0.712. The zero-order valence-corrected chi connectivity index (χ0v) is 21.2. The van der Waals surface area contributed by atoms with Gasteiger partial charge in [-0.3, -0.25) is 19.2 Å². The molecule has 0 saturated heterocycles. The summed E-state index contributed by atoms with van der Waals surface area (Å²) in [5.74, 6) is -4.86. The fourth-order valence-electron chi connectivity index (χ4n) is 3.07. The predicted octanol–water partition coefficient (Wildman–Crippen LogP) is -0.315. The number of carboxylic acid groups (broad SMARTS) is 2. The summed E-state index contributed by atoms with van der Waals surface area (Å²) in [5.41, 5.74) is 6.35. The van der Waals surface area contributed by atoms with Crippen LogP contribution in [0.1, 0.15) is 32.3 Å². The van der Waals surface area contributed by atoms with Crippen molar-refractivity contribution in [1.29, 1.82) is 0 Å². The summed E-state index contributed by atoms with van der Waals surface area (Å²) in [7, 11) is 0. The van der Waals surface area contributed by atoms with Gasteiger partial charge in [-0.1, -0.05) is 26.0 Å². The molecule has 1 rings (SSSR count). The lowest BCUT2D eigenvalue weighted by molar-refractivity contribution is -0.143. The number of rotatable bonds is 15. The number of amides is 3. The Labute approximate surface area is 213 Å². The predicted molar refractivity (Wildman–Crippen MR) is 133 cm³/mol. The van der Waals surface area contributed by atoms with Crippen molar-refractivity contribution in [3.8, 4) is 5.75 Å². The molecule has 0 heterocycles. The van der Waals surface area contributed by atoms with E-state index in [2.05, 4.69) is 16.0 Å². The van der Waals surface area contributed by atoms with E-state index in [0.717, 1.165) is 0 Å². The van der Waals surface area contributed by atoms with E-state index in [1.165, 1.54) is 36.0 Å². The standard InChI is InChI=1S/C23H34N4O8S/c1-12(2)19(24)22(33)25-15(8-9-36-3)20(31)26-16(11-18(29)30)21(32)27-17(23(34)35)10-13-4-6-14(28)7-5-13/h4-7,12,15-17,19,28H,8-11,24H2,1-3H3,(H,25,33)(H,26,31)(H,27,32)(H,29,30)(H,34,35). The summed E-state index contributed by atoms with van der Waals surface area (Å²) < 4.78 is 0. The topological polar surface area (TPSA) is 208 Å². The summed E-state index contributed by atoms with van der Waals surface area (Å²) in [4.78, 5) is 61.2. The molecule has 0 aromatic heterocycles. The van der Waals surface area contributed by atoms with Gasteiger partial charge >= 0.3 is 11.9 Å². The van der Waals surface area contributed by atoms with Crippen molar-refractivity contribution in [3.05, 3.63) is 29.8 Å². The first-order chi connectivity index (χ1) is 16.8. The third kappa shape index (κ3) is 10.5. The number of phenols is 1. The number of aliphatic carboxylic acids is 2. The average Bonchev–Trinajstić information content (AvgIpc) is 2.80. The minimum Gasteiger partial charge on any atom is -0.508 e. The minimum absolute atomic E-state index is 0.0173. The fraction of sp³-hybridized carbons (Fsp3) is 0.522. The van der Waals surface area contributed by atoms with E-state index in [1.807, 2.05) is 0 Å². The molecule has 0 aliphatic rings. The summed E-state index contributed by atoms with van der Waals surface area (Å²) in [6.07, 6.45) is 1.05. The second-order valence-electron chi connectivity index (χ2n) is 8.54. The van der Waals surface area contributed by atoms with Gasteiger partial charge < -0.3 is 37.0 Å². The smallest absolute Gasteiger partial charge is 0.326 e. The van der Waals surface area contributed by atoms with Gasteiger partial charge in [0.05, 0.1) is 12.5 Å². The van der Waals surface area contributed by atoms with Crippen LogP contribution in [0.5, 0.6) is 5.75 Å². The molecule has 13 heteroatoms. The van der Waals surface area contributed by atoms with Gasteiger partial charge in [-0.05, 0) is 42.0 Å². The highest BCUT2D eigenvalue weighted by atomic mass is 32.2. The van der Waals surface area contributed by atoms with E-state index in [0.29, 0.717) is 11.3 Å². The van der Waals surface area contributed by atoms with Crippen molar-refractivity contribution < 1.29 is 39.3 Å². The maximum absolute atomic E-state index is 12.9. The van der Waals surface area contributed by atoms with Gasteiger partial charge in [0.15, 0.2) is 0 Å². The number of carbonyl (C=O) groups is 5. The number of nitrogens with one attached hydrogen (secondary N) is 3. The van der Waals surface area contributed by atoms with Crippen molar-refractivity contribution in [2.24, 2.45) is 11.7 Å². The number of benzene rings is 1. The van der Waals surface area contributed by atoms with Crippen LogP contribution in [0.2, 0.25) is 0 Å². The number of nitrogens with two attached hydrogens (primary N) is 1. The van der Waals surface area contributed by atoms with Crippen LogP contribution in [0.15, 0.2) is 24.3 Å². The molecule has 36 heavy (non-hydrogen) atoms. The molecular weight excluding hydrogens is 492 g/mol. The molecular formula is C23H34N4O8S. The Morgan fingerprint density at radius 3 is 1.92 bits per heavy atom. The van der Waals surface area contributed by atoms with Gasteiger partial charge in [0, 0.05) is 6.42 Å². The maximum atomic E-state index is 12.9. The Balaban J connectivity index is 3.01. The SMILES string of the molecule is CSCCC(NC(=O)C(N)C(C)C)C(=O)NC(CC(=O)O)C(=O)NC(Cc1ccc(O)cc1)C(=O)O. The van der Waals surface area contributed by atoms with Gasteiger partial charge in [-0.2, -0.15) is 11.8 Å². The first-order valence-corrected chi connectivity index (χ1v) is 12.6. The third-order valence-electron chi connectivity index (χ3n) is 5.27. The molecule has 0 aliphatic carbocycles. The van der Waals surface area contributed by atoms with Gasteiger partial charge in [0.2, 0.25) is 17.7 Å². The lowest BCUT2D eigenvalue weighted by Crippen LogP contribution is -2.58. The summed E-state index contributed by atoms with van der Waals surface area (Å²) in [6.45, 7) is 3.48. The molecule has 8 N–H and O–H groups in total. The zero-order chi connectivity index (χ0) is 27.4. The van der Waals surface area contributed by atoms with Crippen LogP contribution in [0.25, 0.3) is 0 Å². The Morgan fingerprint density at radius 1 is 0.889 bits per heavy atom. The van der Waals surface area contributed by atoms with Crippen LogP contribution in [0.3, 0.4) is 0 Å². The quantitative estimate of drug-likeness (QED) is 0.158. The molecule has 1 aromatic rings. The first kappa shape index (κ1) is 30.7. The lowest BCUT2D eigenvalue weighted by Gasteiger charge is -2.25. The van der Waals surface area contributed by atoms with E-state index < -0.39 is 60.2 Å². The molecule has 4 atom stereocenters. The largest absolute Gasteiger partial charge is 0.508 e. The second kappa shape index (κ2) is 14.9. The van der Waals surface area contributed by atoms with Crippen LogP contribution in [-0.2, 0) is 30.4 Å². The van der Waals surface area contributed by atoms with Crippen LogP contribution < -0.4 is 21.7 Å². The van der Waals surface area contributed by atoms with E-state index in [1.54, 1.807) is 20.1 Å². The number of aromatic hydroxyl groups is 1. The van der Waals surface area contributed by atoms with E-state index in [4.69, 9.17) is 5.73 Å². The zero-order valence-electron chi connectivity index (χ0n) is 20.4. The van der Waals surface area contributed by atoms with E-state index in [-0.39, 0.29) is 24.5 Å². The second-order valence-corrected chi connectivity index (χ2v) is 9.53. The van der Waals surface area contributed by atoms with Gasteiger partial charge in [-0.25, -0.2) is 4.79 Å². The molecule has 0 fully saturated rings. The number of hydrogen-bond donors (Lipinski definition) is 7. The van der Waals surface area contributed by atoms with Crippen molar-refractivity contribution in [1.82, 2.24) is 16.0 Å². The third-order valence-corrected chi connectivity index (χ3v) is 5.91. The van der Waals surface area contributed by atoms with E-state index >= 15 is 0 Å². The number of phenolic OH excluding ortho intramolecular Hbond substituents is 1. The van der Waals surface area contributed by atoms with E-state index in [9.17, 15) is 39.3 Å². The number of carboxylic acids is 2. The average molecular weight is 527 g/mol. The molecule has 3 amide bonds. The molecule has 12 nitrogen and oxygen atoms in total. The fourth-order valence-corrected chi connectivity index (χ4v) is 3.54. The first-order valence-electron chi connectivity index (χ1n) is 11.2. The number of carbonyl (C=O) groups excluding carboxylic acids is 3. The van der Waals surface area contributed by atoms with Crippen molar-refractivity contribution in [2.75, 3.05) is 12.0 Å². The molecule has 1 aromatic carbocycles. The molecule has 200 valence electrons. The molecule has 4 unspecified atom stereocenters.